The van der Waals surface area contributed by atoms with Crippen molar-refractivity contribution in [3.05, 3.63) is 24.0 Å². The molecule has 2 rings (SSSR count). The van der Waals surface area contributed by atoms with Crippen molar-refractivity contribution in [2.45, 2.75) is 26.3 Å². The average Bonchev–Trinajstić information content (AvgIpc) is 2.65. The number of benzene rings is 1. The lowest BCUT2D eigenvalue weighted by molar-refractivity contribution is 0.586. The van der Waals surface area contributed by atoms with E-state index < -0.39 is 10.8 Å². The van der Waals surface area contributed by atoms with Crippen LogP contribution >= 0.6 is 0 Å². The third kappa shape index (κ3) is 2.41. The maximum absolute atomic E-state index is 11.4. The molecule has 0 bridgehead atoms. The molecular weight excluding hydrogens is 246 g/mol. The Morgan fingerprint density at radius 2 is 2.22 bits per heavy atom. The van der Waals surface area contributed by atoms with Crippen molar-refractivity contribution < 1.29 is 4.21 Å². The Morgan fingerprint density at radius 3 is 2.83 bits per heavy atom. The van der Waals surface area contributed by atoms with E-state index in [4.69, 9.17) is 5.73 Å². The fraction of sp³-hybridized carbons (Fsp3) is 0.462. The lowest BCUT2D eigenvalue weighted by Gasteiger charge is -2.16. The van der Waals surface area contributed by atoms with Crippen molar-refractivity contribution in [2.24, 2.45) is 0 Å². The molecule has 5 heteroatoms. The highest BCUT2D eigenvalue weighted by Gasteiger charge is 2.15. The van der Waals surface area contributed by atoms with Gasteiger partial charge in [0.2, 0.25) is 0 Å². The number of nitrogen functional groups attached to an aromatic ring is 1. The molecule has 98 valence electrons. The van der Waals surface area contributed by atoms with Crippen LogP contribution in [-0.2, 0) is 17.2 Å². The molecular formula is C13H19N3OS. The summed E-state index contributed by atoms with van der Waals surface area (Å²) in [4.78, 5) is 4.60. The van der Waals surface area contributed by atoms with Gasteiger partial charge >= 0.3 is 0 Å². The van der Waals surface area contributed by atoms with Gasteiger partial charge in [-0.1, -0.05) is 6.92 Å². The molecule has 0 radical (unpaired) electrons. The van der Waals surface area contributed by atoms with Crippen molar-refractivity contribution in [3.8, 4) is 0 Å². The summed E-state index contributed by atoms with van der Waals surface area (Å²) in [6.07, 6.45) is 2.59. The number of aryl methyl sites for hydroxylation is 1. The third-order valence-corrected chi connectivity index (χ3v) is 3.97. The molecule has 0 aliphatic rings. The minimum absolute atomic E-state index is 0.180. The van der Waals surface area contributed by atoms with Gasteiger partial charge in [-0.2, -0.15) is 0 Å². The number of nitrogens with zero attached hydrogens (tertiary/aromatic N) is 2. The number of imidazole rings is 1. The minimum Gasteiger partial charge on any atom is -0.399 e. The fourth-order valence-electron chi connectivity index (χ4n) is 2.32. The second kappa shape index (κ2) is 5.10. The molecule has 1 aromatic carbocycles. The first-order valence-corrected chi connectivity index (χ1v) is 7.82. The molecule has 0 saturated heterocycles. The standard InChI is InChI=1S/C13H19N3OS/c1-4-13-15-11-7-10(14)5-6-12(11)16(13)9(2)8-18(3)17/h5-7,9H,4,8,14H2,1-3H3. The molecule has 0 amide bonds. The number of rotatable bonds is 4. The zero-order valence-corrected chi connectivity index (χ0v) is 11.8. The maximum Gasteiger partial charge on any atom is 0.109 e. The number of fused-ring (bicyclic) bond motifs is 1. The molecule has 2 unspecified atom stereocenters. The number of hydrogen-bond donors (Lipinski definition) is 1. The molecule has 2 aromatic rings. The van der Waals surface area contributed by atoms with Gasteiger partial charge in [-0.05, 0) is 25.1 Å². The van der Waals surface area contributed by atoms with Crippen LogP contribution < -0.4 is 5.73 Å². The summed E-state index contributed by atoms with van der Waals surface area (Å²) in [6.45, 7) is 4.16. The van der Waals surface area contributed by atoms with E-state index in [1.165, 1.54) is 0 Å². The third-order valence-electron chi connectivity index (χ3n) is 3.02. The van der Waals surface area contributed by atoms with E-state index in [9.17, 15) is 4.21 Å². The van der Waals surface area contributed by atoms with Crippen molar-refractivity contribution in [2.75, 3.05) is 17.7 Å². The van der Waals surface area contributed by atoms with Gasteiger partial charge < -0.3 is 10.3 Å². The highest BCUT2D eigenvalue weighted by Crippen LogP contribution is 2.23. The highest BCUT2D eigenvalue weighted by molar-refractivity contribution is 7.84. The molecule has 2 N–H and O–H groups in total. The van der Waals surface area contributed by atoms with E-state index in [2.05, 4.69) is 23.4 Å². The van der Waals surface area contributed by atoms with Gasteiger partial charge in [-0.15, -0.1) is 0 Å². The predicted octanol–water partition coefficient (Wildman–Crippen LogP) is 2.12. The number of aromatic nitrogens is 2. The Labute approximate surface area is 110 Å². The molecule has 18 heavy (non-hydrogen) atoms. The van der Waals surface area contributed by atoms with Crippen LogP contribution in [0, 0.1) is 0 Å². The summed E-state index contributed by atoms with van der Waals surface area (Å²) < 4.78 is 13.6. The summed E-state index contributed by atoms with van der Waals surface area (Å²) in [5.74, 6) is 1.66. The van der Waals surface area contributed by atoms with Gasteiger partial charge in [0.15, 0.2) is 0 Å². The molecule has 0 saturated carbocycles. The first-order chi connectivity index (χ1) is 8.52. The van der Waals surface area contributed by atoms with E-state index in [0.29, 0.717) is 5.75 Å². The number of anilines is 1. The average molecular weight is 265 g/mol. The van der Waals surface area contributed by atoms with Crippen LogP contribution in [0.2, 0.25) is 0 Å². The molecule has 1 heterocycles. The van der Waals surface area contributed by atoms with Crippen molar-refractivity contribution in [1.82, 2.24) is 9.55 Å². The number of hydrogen-bond acceptors (Lipinski definition) is 3. The highest BCUT2D eigenvalue weighted by atomic mass is 32.2. The molecule has 1 aromatic heterocycles. The van der Waals surface area contributed by atoms with Crippen LogP contribution in [0.25, 0.3) is 11.0 Å². The van der Waals surface area contributed by atoms with Crippen molar-refractivity contribution in [3.63, 3.8) is 0 Å². The molecule has 0 aliphatic carbocycles. The molecule has 2 atom stereocenters. The summed E-state index contributed by atoms with van der Waals surface area (Å²) in [6, 6.07) is 5.95. The van der Waals surface area contributed by atoms with Gasteiger partial charge in [0.25, 0.3) is 0 Å². The summed E-state index contributed by atoms with van der Waals surface area (Å²) in [5.41, 5.74) is 8.49. The topological polar surface area (TPSA) is 60.9 Å². The van der Waals surface area contributed by atoms with Crippen molar-refractivity contribution in [1.29, 1.82) is 0 Å². The smallest absolute Gasteiger partial charge is 0.109 e. The van der Waals surface area contributed by atoms with Gasteiger partial charge in [0.1, 0.15) is 5.82 Å². The van der Waals surface area contributed by atoms with E-state index in [-0.39, 0.29) is 6.04 Å². The summed E-state index contributed by atoms with van der Waals surface area (Å²) >= 11 is 0. The molecule has 4 nitrogen and oxygen atoms in total. The first-order valence-electron chi connectivity index (χ1n) is 6.09. The quantitative estimate of drug-likeness (QED) is 0.861. The van der Waals surface area contributed by atoms with Gasteiger partial charge in [-0.3, -0.25) is 4.21 Å². The summed E-state index contributed by atoms with van der Waals surface area (Å²) in [5, 5.41) is 0. The Balaban J connectivity index is 2.56. The second-order valence-corrected chi connectivity index (χ2v) is 6.07. The van der Waals surface area contributed by atoms with Gasteiger partial charge in [-0.25, -0.2) is 4.98 Å². The lowest BCUT2D eigenvalue weighted by atomic mass is 10.2. The zero-order chi connectivity index (χ0) is 13.3. The minimum atomic E-state index is -0.811. The Bertz CT molecular complexity index is 591. The van der Waals surface area contributed by atoms with Crippen molar-refractivity contribution >= 4 is 27.5 Å². The Kier molecular flexibility index (Phi) is 3.71. The van der Waals surface area contributed by atoms with E-state index >= 15 is 0 Å². The SMILES string of the molecule is CCc1nc2cc(N)ccc2n1C(C)CS(C)=O. The van der Waals surface area contributed by atoms with Crippen LogP contribution in [0.4, 0.5) is 5.69 Å². The lowest BCUT2D eigenvalue weighted by Crippen LogP contribution is -2.15. The van der Waals surface area contributed by atoms with Crippen LogP contribution in [0.5, 0.6) is 0 Å². The van der Waals surface area contributed by atoms with E-state index in [0.717, 1.165) is 29.0 Å². The normalized spacial score (nSPS) is 14.8. The maximum atomic E-state index is 11.4. The largest absolute Gasteiger partial charge is 0.399 e. The van der Waals surface area contributed by atoms with Crippen LogP contribution in [0.3, 0.4) is 0 Å². The molecule has 0 fully saturated rings. The second-order valence-electron chi connectivity index (χ2n) is 4.59. The molecule has 0 spiro atoms. The number of nitrogens with two attached hydrogens (primary N) is 1. The van der Waals surface area contributed by atoms with Crippen LogP contribution in [0.1, 0.15) is 25.7 Å². The summed E-state index contributed by atoms with van der Waals surface area (Å²) in [7, 11) is -0.811. The predicted molar refractivity (Wildman–Crippen MR) is 77.2 cm³/mol. The Morgan fingerprint density at radius 1 is 1.50 bits per heavy atom. The van der Waals surface area contributed by atoms with Gasteiger partial charge in [0.05, 0.1) is 11.0 Å². The monoisotopic (exact) mass is 265 g/mol. The first kappa shape index (κ1) is 13.1. The zero-order valence-electron chi connectivity index (χ0n) is 11.0. The van der Waals surface area contributed by atoms with E-state index in [1.807, 2.05) is 18.2 Å². The molecule has 0 aliphatic heterocycles. The fourth-order valence-corrected chi connectivity index (χ4v) is 3.15. The Hall–Kier alpha value is -1.36. The van der Waals surface area contributed by atoms with Gasteiger partial charge in [0, 0.05) is 41.0 Å². The van der Waals surface area contributed by atoms with Crippen LogP contribution in [-0.4, -0.2) is 25.8 Å². The van der Waals surface area contributed by atoms with E-state index in [1.54, 1.807) is 6.26 Å². The van der Waals surface area contributed by atoms with Crippen LogP contribution in [0.15, 0.2) is 18.2 Å².